The Kier molecular flexibility index (Phi) is 5.05. The summed E-state index contributed by atoms with van der Waals surface area (Å²) in [6.07, 6.45) is 0. The van der Waals surface area contributed by atoms with E-state index in [-0.39, 0.29) is 21.4 Å². The van der Waals surface area contributed by atoms with E-state index < -0.39 is 10.0 Å². The normalized spacial score (nSPS) is 11.4. The van der Waals surface area contributed by atoms with Gasteiger partial charge in [-0.3, -0.25) is 9.52 Å². The van der Waals surface area contributed by atoms with Gasteiger partial charge in [0.25, 0.3) is 10.0 Å². The van der Waals surface area contributed by atoms with Crippen molar-refractivity contribution in [3.05, 3.63) is 88.6 Å². The molecule has 1 aromatic heterocycles. The van der Waals surface area contributed by atoms with E-state index in [2.05, 4.69) is 4.72 Å². The van der Waals surface area contributed by atoms with E-state index in [1.165, 1.54) is 24.3 Å². The molecule has 1 N–H and O–H groups in total. The molecule has 0 aliphatic heterocycles. The van der Waals surface area contributed by atoms with Crippen molar-refractivity contribution in [3.8, 4) is 17.1 Å². The van der Waals surface area contributed by atoms with Gasteiger partial charge in [0.1, 0.15) is 17.1 Å². The van der Waals surface area contributed by atoms with Crippen LogP contribution < -0.4 is 14.9 Å². The number of nitrogens with one attached hydrogen (secondary N) is 1. The molecule has 0 fully saturated rings. The van der Waals surface area contributed by atoms with E-state index >= 15 is 0 Å². The Balaban J connectivity index is 1.68. The maximum atomic E-state index is 12.7. The van der Waals surface area contributed by atoms with Crippen LogP contribution in [0.3, 0.4) is 0 Å². The fourth-order valence-electron chi connectivity index (χ4n) is 3.05. The highest BCUT2D eigenvalue weighted by Gasteiger charge is 2.15. The first-order valence-corrected chi connectivity index (χ1v) is 10.7. The highest BCUT2D eigenvalue weighted by Crippen LogP contribution is 2.26. The van der Waals surface area contributed by atoms with Crippen molar-refractivity contribution in [3.63, 3.8) is 0 Å². The zero-order valence-electron chi connectivity index (χ0n) is 16.4. The second kappa shape index (κ2) is 7.68. The molecule has 0 saturated carbocycles. The van der Waals surface area contributed by atoms with Gasteiger partial charge in [-0.1, -0.05) is 17.7 Å². The fourth-order valence-corrected chi connectivity index (χ4v) is 4.10. The van der Waals surface area contributed by atoms with Crippen LogP contribution in [0, 0.1) is 6.92 Å². The van der Waals surface area contributed by atoms with Crippen molar-refractivity contribution in [2.24, 2.45) is 0 Å². The van der Waals surface area contributed by atoms with Crippen molar-refractivity contribution in [2.75, 3.05) is 11.8 Å². The summed E-state index contributed by atoms with van der Waals surface area (Å²) in [6, 6.07) is 19.7. The van der Waals surface area contributed by atoms with Gasteiger partial charge >= 0.3 is 0 Å². The average molecular weight is 421 g/mol. The molecule has 0 spiro atoms. The van der Waals surface area contributed by atoms with Crippen molar-refractivity contribution in [1.82, 2.24) is 0 Å². The van der Waals surface area contributed by atoms with Crippen molar-refractivity contribution >= 4 is 26.7 Å². The van der Waals surface area contributed by atoms with Crippen molar-refractivity contribution in [2.45, 2.75) is 11.8 Å². The second-order valence-corrected chi connectivity index (χ2v) is 8.52. The number of fused-ring (bicyclic) bond motifs is 1. The van der Waals surface area contributed by atoms with Gasteiger partial charge in [0.05, 0.1) is 17.4 Å². The number of anilines is 1. The molecule has 0 bridgehead atoms. The summed E-state index contributed by atoms with van der Waals surface area (Å²) in [6.45, 7) is 1.88. The summed E-state index contributed by atoms with van der Waals surface area (Å²) in [7, 11) is -2.18. The molecule has 0 atom stereocenters. The van der Waals surface area contributed by atoms with Crippen LogP contribution in [0.2, 0.25) is 0 Å². The number of hydrogen-bond acceptors (Lipinski definition) is 5. The Morgan fingerprint density at radius 2 is 1.60 bits per heavy atom. The van der Waals surface area contributed by atoms with Crippen LogP contribution in [-0.2, 0) is 10.0 Å². The van der Waals surface area contributed by atoms with Crippen LogP contribution in [0.1, 0.15) is 5.56 Å². The number of rotatable bonds is 5. The van der Waals surface area contributed by atoms with E-state index in [0.717, 1.165) is 11.1 Å². The monoisotopic (exact) mass is 421 g/mol. The Morgan fingerprint density at radius 3 is 2.27 bits per heavy atom. The molecule has 0 radical (unpaired) electrons. The third-order valence-corrected chi connectivity index (χ3v) is 6.08. The lowest BCUT2D eigenvalue weighted by Crippen LogP contribution is -2.13. The first kappa shape index (κ1) is 19.7. The molecular weight excluding hydrogens is 402 g/mol. The highest BCUT2D eigenvalue weighted by molar-refractivity contribution is 7.92. The Labute approximate surface area is 173 Å². The summed E-state index contributed by atoms with van der Waals surface area (Å²) in [5, 5.41) is 0.288. The van der Waals surface area contributed by atoms with Crippen LogP contribution in [-0.4, -0.2) is 15.5 Å². The third kappa shape index (κ3) is 3.92. The SMILES string of the molecule is COc1ccc(-c2cc(=O)c3cc(NS(=O)(=O)c4ccc(C)cc4)ccc3o2)cc1. The maximum Gasteiger partial charge on any atom is 0.261 e. The van der Waals surface area contributed by atoms with E-state index in [1.54, 1.807) is 55.6 Å². The van der Waals surface area contributed by atoms with Gasteiger partial charge in [-0.05, 0) is 61.5 Å². The Morgan fingerprint density at radius 1 is 0.900 bits per heavy atom. The topological polar surface area (TPSA) is 85.6 Å². The zero-order valence-corrected chi connectivity index (χ0v) is 17.2. The predicted octanol–water partition coefficient (Wildman–Crippen LogP) is 4.58. The standard InChI is InChI=1S/C23H19NO5S/c1-15-3-10-19(11-4-15)30(26,27)24-17-7-12-22-20(13-17)21(25)14-23(29-22)16-5-8-18(28-2)9-6-16/h3-14,24H,1-2H3. The van der Waals surface area contributed by atoms with Gasteiger partial charge in [0.2, 0.25) is 0 Å². The molecule has 152 valence electrons. The molecule has 0 aliphatic carbocycles. The van der Waals surface area contributed by atoms with Crippen LogP contribution in [0.25, 0.3) is 22.3 Å². The molecular formula is C23H19NO5S. The molecule has 0 saturated heterocycles. The van der Waals surface area contributed by atoms with Crippen LogP contribution >= 0.6 is 0 Å². The highest BCUT2D eigenvalue weighted by atomic mass is 32.2. The molecule has 3 aromatic carbocycles. The summed E-state index contributed by atoms with van der Waals surface area (Å²) in [5.41, 5.74) is 2.08. The van der Waals surface area contributed by atoms with E-state index in [1.807, 2.05) is 6.92 Å². The number of hydrogen-bond donors (Lipinski definition) is 1. The van der Waals surface area contributed by atoms with Crippen LogP contribution in [0.5, 0.6) is 5.75 Å². The maximum absolute atomic E-state index is 12.7. The van der Waals surface area contributed by atoms with Gasteiger partial charge in [-0.2, -0.15) is 0 Å². The lowest BCUT2D eigenvalue weighted by atomic mass is 10.1. The van der Waals surface area contributed by atoms with E-state index in [0.29, 0.717) is 17.1 Å². The Bertz CT molecular complexity index is 1370. The van der Waals surface area contributed by atoms with Gasteiger partial charge in [0.15, 0.2) is 5.43 Å². The summed E-state index contributed by atoms with van der Waals surface area (Å²) in [4.78, 5) is 12.8. The summed E-state index contributed by atoms with van der Waals surface area (Å²) >= 11 is 0. The number of ether oxygens (including phenoxy) is 1. The average Bonchev–Trinajstić information content (AvgIpc) is 2.74. The lowest BCUT2D eigenvalue weighted by Gasteiger charge is -2.10. The first-order chi connectivity index (χ1) is 14.4. The molecule has 0 amide bonds. The minimum atomic E-state index is -3.76. The van der Waals surface area contributed by atoms with Gasteiger partial charge in [-0.15, -0.1) is 0 Å². The van der Waals surface area contributed by atoms with Gasteiger partial charge in [0, 0.05) is 17.3 Å². The molecule has 1 heterocycles. The molecule has 4 rings (SSSR count). The van der Waals surface area contributed by atoms with E-state index in [4.69, 9.17) is 9.15 Å². The van der Waals surface area contributed by atoms with Crippen LogP contribution in [0.4, 0.5) is 5.69 Å². The fraction of sp³-hybridized carbons (Fsp3) is 0.0870. The zero-order chi connectivity index (χ0) is 21.3. The minimum Gasteiger partial charge on any atom is -0.497 e. The van der Waals surface area contributed by atoms with Crippen LogP contribution in [0.15, 0.2) is 86.9 Å². The van der Waals surface area contributed by atoms with E-state index in [9.17, 15) is 13.2 Å². The second-order valence-electron chi connectivity index (χ2n) is 6.83. The van der Waals surface area contributed by atoms with Gasteiger partial charge in [-0.25, -0.2) is 8.42 Å². The minimum absolute atomic E-state index is 0.148. The molecule has 4 aromatic rings. The molecule has 30 heavy (non-hydrogen) atoms. The lowest BCUT2D eigenvalue weighted by molar-refractivity contribution is 0.415. The number of methoxy groups -OCH3 is 1. The summed E-state index contributed by atoms with van der Waals surface area (Å²) < 4.78 is 38.7. The predicted molar refractivity (Wildman–Crippen MR) is 116 cm³/mol. The summed E-state index contributed by atoms with van der Waals surface area (Å²) in [5.74, 6) is 1.12. The molecule has 7 heteroatoms. The molecule has 0 aliphatic rings. The van der Waals surface area contributed by atoms with Crippen molar-refractivity contribution in [1.29, 1.82) is 0 Å². The number of aryl methyl sites for hydroxylation is 1. The molecule has 6 nitrogen and oxygen atoms in total. The number of benzene rings is 3. The smallest absolute Gasteiger partial charge is 0.261 e. The largest absolute Gasteiger partial charge is 0.497 e. The number of sulfonamides is 1. The first-order valence-electron chi connectivity index (χ1n) is 9.17. The molecule has 0 unspecified atom stereocenters. The quantitative estimate of drug-likeness (QED) is 0.510. The van der Waals surface area contributed by atoms with Gasteiger partial charge < -0.3 is 9.15 Å². The van der Waals surface area contributed by atoms with Crippen molar-refractivity contribution < 1.29 is 17.6 Å². The Hall–Kier alpha value is -3.58. The third-order valence-electron chi connectivity index (χ3n) is 4.69.